The third-order valence-corrected chi connectivity index (χ3v) is 0.869. The molecule has 0 rings (SSSR count). The summed E-state index contributed by atoms with van der Waals surface area (Å²) in [6.45, 7) is 10.2. The lowest BCUT2D eigenvalue weighted by Crippen LogP contribution is -2.02. The fraction of sp³-hybridized carbons (Fsp3) is 0.667. The van der Waals surface area contributed by atoms with Gasteiger partial charge in [-0.2, -0.15) is 0 Å². The maximum Gasteiger partial charge on any atom is 0.0140 e. The molecule has 9 heavy (non-hydrogen) atoms. The predicted molar refractivity (Wildman–Crippen MR) is 41.8 cm³/mol. The third kappa shape index (κ3) is 7.56. The first kappa shape index (κ1) is 8.56. The minimum atomic E-state index is 0.127. The lowest BCUT2D eigenvalue weighted by atomic mass is 9.93. The second-order valence-electron chi connectivity index (χ2n) is 3.05. The van der Waals surface area contributed by atoms with Crippen molar-refractivity contribution in [3.8, 4) is 11.8 Å². The molecule has 0 heteroatoms. The molecule has 0 amide bonds. The molecule has 0 fully saturated rings. The highest BCUT2D eigenvalue weighted by molar-refractivity contribution is 5.01. The van der Waals surface area contributed by atoms with Crippen LogP contribution in [0.2, 0.25) is 0 Å². The summed E-state index contributed by atoms with van der Waals surface area (Å²) in [5.74, 6) is 6.08. The largest absolute Gasteiger partial charge is 0.104 e. The van der Waals surface area contributed by atoms with Gasteiger partial charge in [0.2, 0.25) is 0 Å². The SMILES string of the molecule is [CH2]C(C)(C)CC#CCC. The van der Waals surface area contributed by atoms with E-state index < -0.39 is 0 Å². The second kappa shape index (κ2) is 3.56. The molecule has 0 heterocycles. The topological polar surface area (TPSA) is 0 Å². The maximum absolute atomic E-state index is 3.94. The van der Waals surface area contributed by atoms with Crippen molar-refractivity contribution in [2.24, 2.45) is 5.41 Å². The highest BCUT2D eigenvalue weighted by atomic mass is 14.1. The molecule has 0 aromatic rings. The summed E-state index contributed by atoms with van der Waals surface area (Å²) in [6, 6.07) is 0. The van der Waals surface area contributed by atoms with Gasteiger partial charge in [0.1, 0.15) is 0 Å². The fourth-order valence-electron chi connectivity index (χ4n) is 0.427. The monoisotopic (exact) mass is 123 g/mol. The summed E-state index contributed by atoms with van der Waals surface area (Å²) in [5.41, 5.74) is 0.127. The molecule has 0 spiro atoms. The van der Waals surface area contributed by atoms with Gasteiger partial charge in [-0.25, -0.2) is 0 Å². The molecule has 0 saturated carbocycles. The lowest BCUT2D eigenvalue weighted by Gasteiger charge is -2.12. The summed E-state index contributed by atoms with van der Waals surface area (Å²) in [6.07, 6.45) is 1.86. The van der Waals surface area contributed by atoms with E-state index in [4.69, 9.17) is 0 Å². The van der Waals surface area contributed by atoms with Gasteiger partial charge >= 0.3 is 0 Å². The standard InChI is InChI=1S/C9H15/c1-5-6-7-8-9(2,3)4/h2,5,8H2,1,3-4H3. The minimum absolute atomic E-state index is 0.127. The maximum atomic E-state index is 3.94. The Morgan fingerprint density at radius 1 is 1.33 bits per heavy atom. The van der Waals surface area contributed by atoms with Crippen molar-refractivity contribution in [2.45, 2.75) is 33.6 Å². The summed E-state index contributed by atoms with van der Waals surface area (Å²) in [7, 11) is 0. The van der Waals surface area contributed by atoms with E-state index in [1.807, 2.05) is 0 Å². The Labute approximate surface area is 58.7 Å². The van der Waals surface area contributed by atoms with E-state index in [9.17, 15) is 0 Å². The molecule has 0 aliphatic heterocycles. The minimum Gasteiger partial charge on any atom is -0.104 e. The zero-order valence-corrected chi connectivity index (χ0v) is 6.62. The molecule has 0 N–H and O–H groups in total. The molecular weight excluding hydrogens is 108 g/mol. The van der Waals surface area contributed by atoms with Crippen molar-refractivity contribution in [1.82, 2.24) is 0 Å². The molecule has 0 saturated heterocycles. The molecule has 0 bridgehead atoms. The van der Waals surface area contributed by atoms with Crippen LogP contribution in [-0.4, -0.2) is 0 Å². The van der Waals surface area contributed by atoms with Gasteiger partial charge in [0.25, 0.3) is 0 Å². The smallest absolute Gasteiger partial charge is 0.0140 e. The van der Waals surface area contributed by atoms with Crippen molar-refractivity contribution < 1.29 is 0 Å². The van der Waals surface area contributed by atoms with E-state index in [2.05, 4.69) is 39.5 Å². The fourth-order valence-corrected chi connectivity index (χ4v) is 0.427. The second-order valence-corrected chi connectivity index (χ2v) is 3.05. The van der Waals surface area contributed by atoms with Crippen LogP contribution in [0.15, 0.2) is 0 Å². The first-order valence-corrected chi connectivity index (χ1v) is 3.37. The number of rotatable bonds is 1. The average Bonchev–Trinajstić information content (AvgIpc) is 1.63. The summed E-state index contributed by atoms with van der Waals surface area (Å²) < 4.78 is 0. The summed E-state index contributed by atoms with van der Waals surface area (Å²) in [5, 5.41) is 0. The highest BCUT2D eigenvalue weighted by Crippen LogP contribution is 2.15. The van der Waals surface area contributed by atoms with Crippen molar-refractivity contribution in [3.63, 3.8) is 0 Å². The van der Waals surface area contributed by atoms with Crippen molar-refractivity contribution in [2.75, 3.05) is 0 Å². The quantitative estimate of drug-likeness (QED) is 0.470. The molecule has 0 nitrogen and oxygen atoms in total. The van der Waals surface area contributed by atoms with Gasteiger partial charge < -0.3 is 0 Å². The molecule has 0 aliphatic rings. The van der Waals surface area contributed by atoms with Crippen LogP contribution in [0.4, 0.5) is 0 Å². The first-order chi connectivity index (χ1) is 4.06. The van der Waals surface area contributed by atoms with E-state index in [0.717, 1.165) is 12.8 Å². The highest BCUT2D eigenvalue weighted by Gasteiger charge is 2.06. The van der Waals surface area contributed by atoms with Crippen LogP contribution in [0.3, 0.4) is 0 Å². The normalized spacial score (nSPS) is 10.2. The van der Waals surface area contributed by atoms with E-state index in [-0.39, 0.29) is 5.41 Å². The average molecular weight is 123 g/mol. The van der Waals surface area contributed by atoms with Crippen LogP contribution >= 0.6 is 0 Å². The zero-order chi connectivity index (χ0) is 7.33. The molecule has 1 radical (unpaired) electrons. The van der Waals surface area contributed by atoms with E-state index >= 15 is 0 Å². The van der Waals surface area contributed by atoms with Gasteiger partial charge in [-0.15, -0.1) is 11.8 Å². The van der Waals surface area contributed by atoms with Crippen molar-refractivity contribution >= 4 is 0 Å². The Bertz CT molecular complexity index is 115. The van der Waals surface area contributed by atoms with Crippen LogP contribution in [0.5, 0.6) is 0 Å². The molecule has 0 atom stereocenters. The third-order valence-electron chi connectivity index (χ3n) is 0.869. The van der Waals surface area contributed by atoms with Crippen LogP contribution < -0.4 is 0 Å². The first-order valence-electron chi connectivity index (χ1n) is 3.37. The van der Waals surface area contributed by atoms with Crippen molar-refractivity contribution in [3.05, 3.63) is 6.92 Å². The molecule has 0 aliphatic carbocycles. The Balaban J connectivity index is 3.50. The van der Waals surface area contributed by atoms with Gasteiger partial charge in [0, 0.05) is 12.8 Å². The molecular formula is C9H15. The lowest BCUT2D eigenvalue weighted by molar-refractivity contribution is 0.492. The molecule has 0 unspecified atom stereocenters. The van der Waals surface area contributed by atoms with E-state index in [1.165, 1.54) is 0 Å². The summed E-state index contributed by atoms with van der Waals surface area (Å²) >= 11 is 0. The predicted octanol–water partition coefficient (Wildman–Crippen LogP) is 2.65. The van der Waals surface area contributed by atoms with Crippen LogP contribution in [0.25, 0.3) is 0 Å². The Morgan fingerprint density at radius 3 is 2.22 bits per heavy atom. The van der Waals surface area contributed by atoms with Crippen LogP contribution in [0, 0.1) is 24.2 Å². The van der Waals surface area contributed by atoms with Crippen LogP contribution in [-0.2, 0) is 0 Å². The van der Waals surface area contributed by atoms with Crippen LogP contribution in [0.1, 0.15) is 33.6 Å². The van der Waals surface area contributed by atoms with Crippen molar-refractivity contribution in [1.29, 1.82) is 0 Å². The summed E-state index contributed by atoms with van der Waals surface area (Å²) in [4.78, 5) is 0. The van der Waals surface area contributed by atoms with Gasteiger partial charge in [0.15, 0.2) is 0 Å². The van der Waals surface area contributed by atoms with E-state index in [0.29, 0.717) is 0 Å². The van der Waals surface area contributed by atoms with Gasteiger partial charge in [-0.3, -0.25) is 0 Å². The Morgan fingerprint density at radius 2 is 1.89 bits per heavy atom. The zero-order valence-electron chi connectivity index (χ0n) is 6.62. The molecule has 51 valence electrons. The Kier molecular flexibility index (Phi) is 3.39. The van der Waals surface area contributed by atoms with Gasteiger partial charge in [-0.05, 0) is 12.3 Å². The molecule has 0 aromatic heterocycles. The Hall–Kier alpha value is -0.440. The van der Waals surface area contributed by atoms with Gasteiger partial charge in [0.05, 0.1) is 0 Å². The van der Waals surface area contributed by atoms with Gasteiger partial charge in [-0.1, -0.05) is 20.8 Å². The number of hydrogen-bond acceptors (Lipinski definition) is 0. The number of hydrogen-bond donors (Lipinski definition) is 0. The molecule has 0 aromatic carbocycles. The van der Waals surface area contributed by atoms with E-state index in [1.54, 1.807) is 0 Å².